The molecule has 1 rings (SSSR count). The van der Waals surface area contributed by atoms with E-state index in [1.807, 2.05) is 19.2 Å². The van der Waals surface area contributed by atoms with Crippen LogP contribution in [0.3, 0.4) is 0 Å². The Kier molecular flexibility index (Phi) is 2.82. The first-order valence-corrected chi connectivity index (χ1v) is 4.29. The maximum atomic E-state index is 6.01. The van der Waals surface area contributed by atoms with Crippen molar-refractivity contribution in [1.29, 1.82) is 0 Å². The molecule has 1 heterocycles. The fourth-order valence-electron chi connectivity index (χ4n) is 1.22. The monoisotopic (exact) mass is 164 g/mol. The summed E-state index contributed by atoms with van der Waals surface area (Å²) < 4.78 is 0. The van der Waals surface area contributed by atoms with E-state index >= 15 is 0 Å². The fraction of sp³-hybridized carbons (Fsp3) is 0.500. The Morgan fingerprint density at radius 3 is 2.58 bits per heavy atom. The summed E-state index contributed by atoms with van der Waals surface area (Å²) in [6.07, 6.45) is 3.65. The molecule has 12 heavy (non-hydrogen) atoms. The third-order valence-electron chi connectivity index (χ3n) is 2.14. The van der Waals surface area contributed by atoms with Crippen molar-refractivity contribution in [2.24, 2.45) is 11.7 Å². The Hall–Kier alpha value is -0.890. The van der Waals surface area contributed by atoms with Gasteiger partial charge in [0.1, 0.15) is 0 Å². The zero-order valence-corrected chi connectivity index (χ0v) is 7.91. The number of nitrogens with two attached hydrogens (primary N) is 1. The van der Waals surface area contributed by atoms with Crippen molar-refractivity contribution in [3.8, 4) is 0 Å². The molecule has 0 radical (unpaired) electrons. The SMILES string of the molecule is Cc1cnccc1[C@H](N)C(C)C. The number of hydrogen-bond donors (Lipinski definition) is 1. The molecular weight excluding hydrogens is 148 g/mol. The third kappa shape index (κ3) is 1.83. The average Bonchev–Trinajstić information content (AvgIpc) is 2.04. The molecule has 0 aliphatic heterocycles. The maximum absolute atomic E-state index is 6.01. The first-order chi connectivity index (χ1) is 5.63. The first-order valence-electron chi connectivity index (χ1n) is 4.29. The minimum Gasteiger partial charge on any atom is -0.324 e. The summed E-state index contributed by atoms with van der Waals surface area (Å²) in [5.74, 6) is 0.478. The molecule has 0 saturated heterocycles. The molecule has 2 N–H and O–H groups in total. The second-order valence-corrected chi connectivity index (χ2v) is 3.50. The molecule has 0 aliphatic carbocycles. The minimum atomic E-state index is 0.132. The van der Waals surface area contributed by atoms with Gasteiger partial charge in [0.2, 0.25) is 0 Å². The highest BCUT2D eigenvalue weighted by molar-refractivity contribution is 5.25. The van der Waals surface area contributed by atoms with Crippen molar-refractivity contribution in [2.45, 2.75) is 26.8 Å². The Morgan fingerprint density at radius 2 is 2.08 bits per heavy atom. The standard InChI is InChI=1S/C10H16N2/c1-7(2)10(11)9-4-5-12-6-8(9)3/h4-7,10H,11H2,1-3H3/t10-/m1/s1. The topological polar surface area (TPSA) is 38.9 Å². The smallest absolute Gasteiger partial charge is 0.0321 e. The Bertz CT molecular complexity index is 256. The number of aromatic nitrogens is 1. The largest absolute Gasteiger partial charge is 0.324 e. The van der Waals surface area contributed by atoms with Gasteiger partial charge in [-0.2, -0.15) is 0 Å². The molecule has 0 fully saturated rings. The predicted molar refractivity (Wildman–Crippen MR) is 50.7 cm³/mol. The lowest BCUT2D eigenvalue weighted by Crippen LogP contribution is -2.17. The van der Waals surface area contributed by atoms with Gasteiger partial charge in [-0.25, -0.2) is 0 Å². The molecule has 0 unspecified atom stereocenters. The van der Waals surface area contributed by atoms with E-state index < -0.39 is 0 Å². The number of aryl methyl sites for hydroxylation is 1. The van der Waals surface area contributed by atoms with Gasteiger partial charge in [-0.15, -0.1) is 0 Å². The molecule has 66 valence electrons. The van der Waals surface area contributed by atoms with E-state index in [4.69, 9.17) is 5.73 Å². The van der Waals surface area contributed by atoms with Crippen LogP contribution in [-0.2, 0) is 0 Å². The molecule has 2 heteroatoms. The highest BCUT2D eigenvalue weighted by atomic mass is 14.7. The molecule has 2 nitrogen and oxygen atoms in total. The van der Waals surface area contributed by atoms with Crippen molar-refractivity contribution in [1.82, 2.24) is 4.98 Å². The summed E-state index contributed by atoms with van der Waals surface area (Å²) >= 11 is 0. The molecule has 1 atom stereocenters. The van der Waals surface area contributed by atoms with Crippen molar-refractivity contribution >= 4 is 0 Å². The van der Waals surface area contributed by atoms with E-state index in [0.29, 0.717) is 5.92 Å². The summed E-state index contributed by atoms with van der Waals surface area (Å²) in [4.78, 5) is 4.03. The van der Waals surface area contributed by atoms with Crippen LogP contribution in [0.15, 0.2) is 18.5 Å². The summed E-state index contributed by atoms with van der Waals surface area (Å²) in [6, 6.07) is 2.13. The highest BCUT2D eigenvalue weighted by Crippen LogP contribution is 2.20. The van der Waals surface area contributed by atoms with E-state index in [1.165, 1.54) is 11.1 Å². The van der Waals surface area contributed by atoms with Gasteiger partial charge in [0.25, 0.3) is 0 Å². The average molecular weight is 164 g/mol. The molecule has 0 amide bonds. The van der Waals surface area contributed by atoms with Crippen LogP contribution >= 0.6 is 0 Å². The van der Waals surface area contributed by atoms with Crippen LogP contribution in [-0.4, -0.2) is 4.98 Å². The molecule has 0 aliphatic rings. The Balaban J connectivity index is 2.94. The van der Waals surface area contributed by atoms with Crippen LogP contribution < -0.4 is 5.73 Å². The fourth-order valence-corrected chi connectivity index (χ4v) is 1.22. The Labute approximate surface area is 73.8 Å². The molecule has 1 aromatic rings. The quantitative estimate of drug-likeness (QED) is 0.726. The van der Waals surface area contributed by atoms with E-state index in [2.05, 4.69) is 18.8 Å². The van der Waals surface area contributed by atoms with Gasteiger partial charge in [0.05, 0.1) is 0 Å². The van der Waals surface area contributed by atoms with Gasteiger partial charge in [0.15, 0.2) is 0 Å². The van der Waals surface area contributed by atoms with E-state index in [-0.39, 0.29) is 6.04 Å². The molecule has 1 aromatic heterocycles. The van der Waals surface area contributed by atoms with Crippen molar-refractivity contribution in [3.05, 3.63) is 29.6 Å². The third-order valence-corrected chi connectivity index (χ3v) is 2.14. The van der Waals surface area contributed by atoms with Crippen LogP contribution in [0.2, 0.25) is 0 Å². The van der Waals surface area contributed by atoms with Crippen LogP contribution in [0.4, 0.5) is 0 Å². The van der Waals surface area contributed by atoms with Crippen LogP contribution in [0, 0.1) is 12.8 Å². The zero-order chi connectivity index (χ0) is 9.14. The second-order valence-electron chi connectivity index (χ2n) is 3.50. The van der Waals surface area contributed by atoms with Gasteiger partial charge in [-0.1, -0.05) is 13.8 Å². The summed E-state index contributed by atoms with van der Waals surface area (Å²) in [5.41, 5.74) is 8.40. The number of hydrogen-bond acceptors (Lipinski definition) is 2. The predicted octanol–water partition coefficient (Wildman–Crippen LogP) is 2.05. The highest BCUT2D eigenvalue weighted by Gasteiger charge is 2.11. The lowest BCUT2D eigenvalue weighted by molar-refractivity contribution is 0.511. The summed E-state index contributed by atoms with van der Waals surface area (Å²) in [5, 5.41) is 0. The van der Waals surface area contributed by atoms with Gasteiger partial charge in [0, 0.05) is 18.4 Å². The van der Waals surface area contributed by atoms with Gasteiger partial charge < -0.3 is 5.73 Å². The molecule has 0 spiro atoms. The minimum absolute atomic E-state index is 0.132. The normalized spacial score (nSPS) is 13.4. The zero-order valence-electron chi connectivity index (χ0n) is 7.91. The first kappa shape index (κ1) is 9.20. The molecule has 0 bridgehead atoms. The van der Waals surface area contributed by atoms with E-state index in [9.17, 15) is 0 Å². The summed E-state index contributed by atoms with van der Waals surface area (Å²) in [6.45, 7) is 6.31. The molecule has 0 aromatic carbocycles. The van der Waals surface area contributed by atoms with E-state index in [1.54, 1.807) is 6.20 Å². The van der Waals surface area contributed by atoms with Gasteiger partial charge in [-0.3, -0.25) is 4.98 Å². The molecular formula is C10H16N2. The van der Waals surface area contributed by atoms with Crippen LogP contribution in [0.5, 0.6) is 0 Å². The lowest BCUT2D eigenvalue weighted by Gasteiger charge is -2.17. The van der Waals surface area contributed by atoms with Crippen LogP contribution in [0.1, 0.15) is 31.0 Å². The van der Waals surface area contributed by atoms with Gasteiger partial charge in [-0.05, 0) is 30.0 Å². The number of nitrogens with zero attached hydrogens (tertiary/aromatic N) is 1. The van der Waals surface area contributed by atoms with Crippen LogP contribution in [0.25, 0.3) is 0 Å². The van der Waals surface area contributed by atoms with Crippen molar-refractivity contribution in [3.63, 3.8) is 0 Å². The number of pyridine rings is 1. The van der Waals surface area contributed by atoms with Crippen molar-refractivity contribution < 1.29 is 0 Å². The Morgan fingerprint density at radius 1 is 1.42 bits per heavy atom. The number of rotatable bonds is 2. The lowest BCUT2D eigenvalue weighted by atomic mass is 9.95. The summed E-state index contributed by atoms with van der Waals surface area (Å²) in [7, 11) is 0. The van der Waals surface area contributed by atoms with Crippen molar-refractivity contribution in [2.75, 3.05) is 0 Å². The van der Waals surface area contributed by atoms with E-state index in [0.717, 1.165) is 0 Å². The second kappa shape index (κ2) is 3.68. The molecule has 0 saturated carbocycles. The van der Waals surface area contributed by atoms with Gasteiger partial charge >= 0.3 is 0 Å². The maximum Gasteiger partial charge on any atom is 0.0321 e.